The highest BCUT2D eigenvalue weighted by Gasteiger charge is 2.26. The minimum absolute atomic E-state index is 0.175. The minimum atomic E-state index is -3.95. The summed E-state index contributed by atoms with van der Waals surface area (Å²) in [7, 11) is -3.95. The molecule has 0 atom stereocenters. The summed E-state index contributed by atoms with van der Waals surface area (Å²) in [6, 6.07) is 4.99. The van der Waals surface area contributed by atoms with Gasteiger partial charge in [0.15, 0.2) is 0 Å². The number of carbonyl (C=O) groups excluding carboxylic acids is 1. The van der Waals surface area contributed by atoms with Crippen molar-refractivity contribution in [3.8, 4) is 0 Å². The van der Waals surface area contributed by atoms with Crippen molar-refractivity contribution in [3.05, 3.63) is 57.1 Å². The van der Waals surface area contributed by atoms with Gasteiger partial charge in [0.05, 0.1) is 4.90 Å². The number of benzene rings is 2. The molecule has 2 aromatic rings. The zero-order valence-electron chi connectivity index (χ0n) is 17.3. The lowest BCUT2D eigenvalue weighted by Crippen LogP contribution is -2.35. The van der Waals surface area contributed by atoms with Crippen molar-refractivity contribution in [2.24, 2.45) is 0 Å². The Morgan fingerprint density at radius 2 is 1.45 bits per heavy atom. The maximum atomic E-state index is 12.9. The molecule has 0 fully saturated rings. The molecular weight excluding hydrogens is 384 g/mol. The van der Waals surface area contributed by atoms with Crippen LogP contribution in [-0.4, -0.2) is 14.4 Å². The van der Waals surface area contributed by atoms with Crippen LogP contribution in [0.4, 0.5) is 10.5 Å². The SMILES string of the molecule is Cc1cc(C)c(S(=O)(=O)NC(=O)Nc2cc3c(c4c2CCCC4)CCC3)c(C)c1. The fraction of sp³-hybridized carbons (Fsp3) is 0.435. The van der Waals surface area contributed by atoms with Crippen LogP contribution in [0, 0.1) is 20.8 Å². The van der Waals surface area contributed by atoms with E-state index >= 15 is 0 Å². The highest BCUT2D eigenvalue weighted by molar-refractivity contribution is 7.90. The van der Waals surface area contributed by atoms with Gasteiger partial charge in [0.1, 0.15) is 0 Å². The van der Waals surface area contributed by atoms with Crippen LogP contribution in [0.2, 0.25) is 0 Å². The molecule has 154 valence electrons. The van der Waals surface area contributed by atoms with E-state index in [1.807, 2.05) is 19.1 Å². The van der Waals surface area contributed by atoms with E-state index < -0.39 is 16.1 Å². The minimum Gasteiger partial charge on any atom is -0.307 e. The Bertz CT molecular complexity index is 1080. The molecule has 0 aliphatic heterocycles. The number of rotatable bonds is 3. The normalized spacial score (nSPS) is 15.6. The number of amides is 2. The first-order valence-corrected chi connectivity index (χ1v) is 11.8. The summed E-state index contributed by atoms with van der Waals surface area (Å²) < 4.78 is 28.0. The van der Waals surface area contributed by atoms with Crippen LogP contribution < -0.4 is 10.0 Å². The molecule has 0 aromatic heterocycles. The van der Waals surface area contributed by atoms with Crippen LogP contribution in [0.5, 0.6) is 0 Å². The van der Waals surface area contributed by atoms with Gasteiger partial charge < -0.3 is 5.32 Å². The lowest BCUT2D eigenvalue weighted by Gasteiger charge is -2.23. The average Bonchev–Trinajstić information content (AvgIpc) is 3.08. The monoisotopic (exact) mass is 412 g/mol. The van der Waals surface area contributed by atoms with Gasteiger partial charge >= 0.3 is 6.03 Å². The van der Waals surface area contributed by atoms with Gasteiger partial charge in [0.2, 0.25) is 0 Å². The van der Waals surface area contributed by atoms with Crippen LogP contribution in [0.25, 0.3) is 0 Å². The molecule has 2 aliphatic rings. The summed E-state index contributed by atoms with van der Waals surface area (Å²) in [6.45, 7) is 5.43. The van der Waals surface area contributed by atoms with E-state index in [2.05, 4.69) is 16.1 Å². The molecule has 0 spiro atoms. The molecule has 0 bridgehead atoms. The third kappa shape index (κ3) is 3.78. The van der Waals surface area contributed by atoms with E-state index in [9.17, 15) is 13.2 Å². The fourth-order valence-electron chi connectivity index (χ4n) is 5.09. The van der Waals surface area contributed by atoms with Gasteiger partial charge in [-0.25, -0.2) is 17.9 Å². The Balaban J connectivity index is 1.61. The van der Waals surface area contributed by atoms with E-state index in [0.29, 0.717) is 11.1 Å². The third-order valence-electron chi connectivity index (χ3n) is 6.08. The van der Waals surface area contributed by atoms with Crippen LogP contribution >= 0.6 is 0 Å². The third-order valence-corrected chi connectivity index (χ3v) is 7.72. The zero-order valence-corrected chi connectivity index (χ0v) is 18.1. The van der Waals surface area contributed by atoms with E-state index in [1.54, 1.807) is 13.8 Å². The molecule has 2 aromatic carbocycles. The first kappa shape index (κ1) is 20.0. The number of aryl methyl sites for hydroxylation is 4. The molecule has 6 heteroatoms. The topological polar surface area (TPSA) is 75.3 Å². The molecule has 4 rings (SSSR count). The molecule has 0 heterocycles. The molecule has 0 saturated carbocycles. The summed E-state index contributed by atoms with van der Waals surface area (Å²) >= 11 is 0. The lowest BCUT2D eigenvalue weighted by molar-refractivity contribution is 0.256. The van der Waals surface area contributed by atoms with Gasteiger partial charge in [-0.15, -0.1) is 0 Å². The summed E-state index contributed by atoms with van der Waals surface area (Å²) in [5, 5.41) is 2.85. The second-order valence-corrected chi connectivity index (χ2v) is 9.99. The highest BCUT2D eigenvalue weighted by atomic mass is 32.2. The lowest BCUT2D eigenvalue weighted by atomic mass is 9.85. The molecule has 2 N–H and O–H groups in total. The summed E-state index contributed by atoms with van der Waals surface area (Å²) in [4.78, 5) is 12.9. The van der Waals surface area contributed by atoms with Crippen molar-refractivity contribution in [2.45, 2.75) is 70.6 Å². The predicted octanol–water partition coefficient (Wildman–Crippen LogP) is 4.49. The number of nitrogens with one attached hydrogen (secondary N) is 2. The Morgan fingerprint density at radius 1 is 0.828 bits per heavy atom. The summed E-state index contributed by atoms with van der Waals surface area (Å²) in [6.07, 6.45) is 7.55. The predicted molar refractivity (Wildman–Crippen MR) is 115 cm³/mol. The van der Waals surface area contributed by atoms with E-state index in [4.69, 9.17) is 0 Å². The van der Waals surface area contributed by atoms with Crippen molar-refractivity contribution in [1.29, 1.82) is 0 Å². The van der Waals surface area contributed by atoms with Crippen molar-refractivity contribution >= 4 is 21.7 Å². The van der Waals surface area contributed by atoms with E-state index in [1.165, 1.54) is 28.7 Å². The number of carbonyl (C=O) groups is 1. The Kier molecular flexibility index (Phi) is 5.15. The smallest absolute Gasteiger partial charge is 0.307 e. The van der Waals surface area contributed by atoms with Crippen molar-refractivity contribution in [1.82, 2.24) is 4.72 Å². The van der Waals surface area contributed by atoms with E-state index in [-0.39, 0.29) is 4.90 Å². The number of hydrogen-bond donors (Lipinski definition) is 2. The Hall–Kier alpha value is -2.34. The number of urea groups is 1. The summed E-state index contributed by atoms with van der Waals surface area (Å²) in [5.41, 5.74) is 8.37. The zero-order chi connectivity index (χ0) is 20.8. The Labute approximate surface area is 173 Å². The maximum Gasteiger partial charge on any atom is 0.333 e. The van der Waals surface area contributed by atoms with Gasteiger partial charge in [-0.3, -0.25) is 0 Å². The quantitative estimate of drug-likeness (QED) is 0.780. The van der Waals surface area contributed by atoms with Gasteiger partial charge in [0.25, 0.3) is 10.0 Å². The van der Waals surface area contributed by atoms with Crippen LogP contribution in [0.15, 0.2) is 23.1 Å². The van der Waals surface area contributed by atoms with Gasteiger partial charge in [-0.2, -0.15) is 0 Å². The summed E-state index contributed by atoms with van der Waals surface area (Å²) in [5.74, 6) is 0. The van der Waals surface area contributed by atoms with Gasteiger partial charge in [-0.05, 0) is 105 Å². The molecule has 0 radical (unpaired) electrons. The van der Waals surface area contributed by atoms with Crippen LogP contribution in [0.1, 0.15) is 58.2 Å². The van der Waals surface area contributed by atoms with E-state index in [0.717, 1.165) is 49.8 Å². The van der Waals surface area contributed by atoms with Gasteiger partial charge in [0, 0.05) is 5.69 Å². The largest absolute Gasteiger partial charge is 0.333 e. The Morgan fingerprint density at radius 3 is 2.14 bits per heavy atom. The number of anilines is 1. The molecule has 0 saturated heterocycles. The standard InChI is InChI=1S/C23H28N2O3S/c1-14-11-15(2)22(16(3)12-14)29(27,28)25-23(26)24-21-13-17-7-6-10-18(17)19-8-4-5-9-20(19)21/h11-13H,4-10H2,1-3H3,(H2,24,25,26). The molecular formula is C23H28N2O3S. The van der Waals surface area contributed by atoms with Crippen LogP contribution in [0.3, 0.4) is 0 Å². The van der Waals surface area contributed by atoms with Crippen LogP contribution in [-0.2, 0) is 35.7 Å². The average molecular weight is 413 g/mol. The highest BCUT2D eigenvalue weighted by Crippen LogP contribution is 2.37. The first-order valence-electron chi connectivity index (χ1n) is 10.3. The molecule has 5 nitrogen and oxygen atoms in total. The van der Waals surface area contributed by atoms with Crippen molar-refractivity contribution < 1.29 is 13.2 Å². The maximum absolute atomic E-state index is 12.9. The van der Waals surface area contributed by atoms with Crippen molar-refractivity contribution in [3.63, 3.8) is 0 Å². The number of hydrogen-bond acceptors (Lipinski definition) is 3. The first-order chi connectivity index (χ1) is 13.8. The molecule has 2 aliphatic carbocycles. The molecule has 2 amide bonds. The fourth-order valence-corrected chi connectivity index (χ4v) is 6.45. The second-order valence-electron chi connectivity index (χ2n) is 8.37. The van der Waals surface area contributed by atoms with Gasteiger partial charge in [-0.1, -0.05) is 17.7 Å². The molecule has 29 heavy (non-hydrogen) atoms. The number of fused-ring (bicyclic) bond motifs is 3. The number of sulfonamides is 1. The second kappa shape index (κ2) is 7.48. The van der Waals surface area contributed by atoms with Crippen molar-refractivity contribution in [2.75, 3.05) is 5.32 Å². The molecule has 0 unspecified atom stereocenters.